The molecule has 0 fully saturated rings. The molecule has 0 aromatic heterocycles. The van der Waals surface area contributed by atoms with Crippen molar-refractivity contribution in [2.24, 2.45) is 0 Å². The van der Waals surface area contributed by atoms with Crippen molar-refractivity contribution in [3.63, 3.8) is 0 Å². The Morgan fingerprint density at radius 3 is 2.44 bits per heavy atom. The van der Waals surface area contributed by atoms with Gasteiger partial charge in [-0.25, -0.2) is 8.42 Å². The van der Waals surface area contributed by atoms with Crippen molar-refractivity contribution in [2.45, 2.75) is 24.3 Å². The second-order valence-electron chi connectivity index (χ2n) is 3.85. The van der Waals surface area contributed by atoms with Crippen LogP contribution in [0.3, 0.4) is 0 Å². The van der Waals surface area contributed by atoms with Crippen LogP contribution in [0.15, 0.2) is 41.8 Å². The minimum Gasteiger partial charge on any atom is -0.480 e. The summed E-state index contributed by atoms with van der Waals surface area (Å²) in [6.45, 7) is 5.23. The van der Waals surface area contributed by atoms with Crippen molar-refractivity contribution in [2.75, 3.05) is 0 Å². The first kappa shape index (κ1) is 14.4. The fourth-order valence-corrected chi connectivity index (χ4v) is 2.54. The Morgan fingerprint density at radius 2 is 2.00 bits per heavy atom. The average molecular weight is 269 g/mol. The number of hydrogen-bond acceptors (Lipinski definition) is 3. The number of nitrogens with one attached hydrogen (secondary N) is 1. The highest BCUT2D eigenvalue weighted by atomic mass is 32.2. The van der Waals surface area contributed by atoms with Crippen LogP contribution < -0.4 is 4.72 Å². The first-order valence-electron chi connectivity index (χ1n) is 5.29. The monoisotopic (exact) mass is 269 g/mol. The van der Waals surface area contributed by atoms with Crippen LogP contribution in [0.1, 0.15) is 12.0 Å². The van der Waals surface area contributed by atoms with Crippen molar-refractivity contribution in [1.82, 2.24) is 4.72 Å². The lowest BCUT2D eigenvalue weighted by molar-refractivity contribution is -0.138. The summed E-state index contributed by atoms with van der Waals surface area (Å²) in [6.07, 6.45) is 1.39. The smallest absolute Gasteiger partial charge is 0.322 e. The van der Waals surface area contributed by atoms with E-state index in [4.69, 9.17) is 5.11 Å². The summed E-state index contributed by atoms with van der Waals surface area (Å²) in [5.74, 6) is -1.23. The van der Waals surface area contributed by atoms with Gasteiger partial charge in [-0.05, 0) is 25.5 Å². The fraction of sp³-hybridized carbons (Fsp3) is 0.250. The molecule has 0 aliphatic heterocycles. The Kier molecular flexibility index (Phi) is 4.63. The van der Waals surface area contributed by atoms with Gasteiger partial charge in [0.1, 0.15) is 6.04 Å². The van der Waals surface area contributed by atoms with Crippen molar-refractivity contribution in [3.8, 4) is 0 Å². The number of carboxylic acid groups (broad SMARTS) is 1. The van der Waals surface area contributed by atoms with E-state index in [1.807, 2.05) is 6.92 Å². The van der Waals surface area contributed by atoms with Crippen LogP contribution in [0, 0.1) is 6.92 Å². The largest absolute Gasteiger partial charge is 0.480 e. The molecule has 6 heteroatoms. The van der Waals surface area contributed by atoms with Crippen LogP contribution in [-0.4, -0.2) is 25.5 Å². The van der Waals surface area contributed by atoms with E-state index < -0.39 is 22.0 Å². The summed E-state index contributed by atoms with van der Waals surface area (Å²) in [7, 11) is -3.82. The number of sulfonamides is 1. The lowest BCUT2D eigenvalue weighted by atomic mass is 10.2. The molecule has 0 bridgehead atoms. The quantitative estimate of drug-likeness (QED) is 0.762. The number of rotatable bonds is 6. The molecule has 1 rings (SSSR count). The Morgan fingerprint density at radius 1 is 1.44 bits per heavy atom. The van der Waals surface area contributed by atoms with Crippen LogP contribution >= 0.6 is 0 Å². The first-order chi connectivity index (χ1) is 8.36. The molecule has 0 aliphatic rings. The summed E-state index contributed by atoms with van der Waals surface area (Å²) >= 11 is 0. The van der Waals surface area contributed by atoms with Gasteiger partial charge in [0.2, 0.25) is 10.0 Å². The van der Waals surface area contributed by atoms with Gasteiger partial charge in [-0.3, -0.25) is 4.79 Å². The van der Waals surface area contributed by atoms with Gasteiger partial charge in [0.05, 0.1) is 4.90 Å². The van der Waals surface area contributed by atoms with E-state index in [1.54, 1.807) is 12.1 Å². The normalized spacial score (nSPS) is 12.9. The van der Waals surface area contributed by atoms with Crippen molar-refractivity contribution in [1.29, 1.82) is 0 Å². The minimum absolute atomic E-state index is 0.0282. The maximum atomic E-state index is 11.9. The highest BCUT2D eigenvalue weighted by Gasteiger charge is 2.23. The van der Waals surface area contributed by atoms with E-state index in [-0.39, 0.29) is 11.3 Å². The third-order valence-corrected chi connectivity index (χ3v) is 3.82. The maximum absolute atomic E-state index is 11.9. The van der Waals surface area contributed by atoms with E-state index in [0.717, 1.165) is 5.56 Å². The topological polar surface area (TPSA) is 83.5 Å². The Balaban J connectivity index is 2.96. The summed E-state index contributed by atoms with van der Waals surface area (Å²) < 4.78 is 26.0. The fourth-order valence-electron chi connectivity index (χ4n) is 1.34. The average Bonchev–Trinajstić information content (AvgIpc) is 2.28. The first-order valence-corrected chi connectivity index (χ1v) is 6.78. The number of hydrogen-bond donors (Lipinski definition) is 2. The summed E-state index contributed by atoms with van der Waals surface area (Å²) in [5, 5.41) is 8.88. The van der Waals surface area contributed by atoms with Gasteiger partial charge in [-0.15, -0.1) is 6.58 Å². The van der Waals surface area contributed by atoms with Crippen LogP contribution in [0.4, 0.5) is 0 Å². The predicted molar refractivity (Wildman–Crippen MR) is 67.7 cm³/mol. The molecular formula is C12H15NO4S. The van der Waals surface area contributed by atoms with Crippen molar-refractivity contribution < 1.29 is 18.3 Å². The molecule has 1 aromatic rings. The van der Waals surface area contributed by atoms with Gasteiger partial charge in [0.15, 0.2) is 0 Å². The Bertz CT molecular complexity index is 534. The molecule has 0 saturated carbocycles. The van der Waals surface area contributed by atoms with Gasteiger partial charge < -0.3 is 5.11 Å². The Hall–Kier alpha value is -1.66. The molecule has 0 aliphatic carbocycles. The highest BCUT2D eigenvalue weighted by Crippen LogP contribution is 2.11. The third-order valence-electron chi connectivity index (χ3n) is 2.33. The second-order valence-corrected chi connectivity index (χ2v) is 5.56. The zero-order chi connectivity index (χ0) is 13.8. The summed E-state index contributed by atoms with van der Waals surface area (Å²) in [6, 6.07) is 4.97. The third kappa shape index (κ3) is 3.68. The standard InChI is InChI=1S/C12H15NO4S/c1-3-4-11(12(14)15)13-18(16,17)10-7-5-9(2)6-8-10/h3,5-8,11,13H,1,4H2,2H3,(H,14,15). The number of carbonyl (C=O) groups is 1. The number of benzene rings is 1. The van der Waals surface area contributed by atoms with Crippen LogP contribution in [0.2, 0.25) is 0 Å². The minimum atomic E-state index is -3.82. The van der Waals surface area contributed by atoms with Gasteiger partial charge in [0, 0.05) is 0 Å². The van der Waals surface area contributed by atoms with Crippen LogP contribution in [0.5, 0.6) is 0 Å². The highest BCUT2D eigenvalue weighted by molar-refractivity contribution is 7.89. The molecule has 1 unspecified atom stereocenters. The molecule has 0 amide bonds. The van der Waals surface area contributed by atoms with Gasteiger partial charge in [-0.2, -0.15) is 4.72 Å². The molecule has 1 atom stereocenters. The summed E-state index contributed by atoms with van der Waals surface area (Å²) in [5.41, 5.74) is 0.926. The SMILES string of the molecule is C=CCC(NS(=O)(=O)c1ccc(C)cc1)C(=O)O. The van der Waals surface area contributed by atoms with E-state index in [0.29, 0.717) is 0 Å². The van der Waals surface area contributed by atoms with E-state index in [2.05, 4.69) is 11.3 Å². The van der Waals surface area contributed by atoms with Gasteiger partial charge in [0.25, 0.3) is 0 Å². The lowest BCUT2D eigenvalue weighted by Crippen LogP contribution is -2.40. The van der Waals surface area contributed by atoms with E-state index >= 15 is 0 Å². The van der Waals surface area contributed by atoms with Crippen molar-refractivity contribution >= 4 is 16.0 Å². The van der Waals surface area contributed by atoms with Crippen LogP contribution in [-0.2, 0) is 14.8 Å². The Labute approximate surface area is 106 Å². The zero-order valence-electron chi connectivity index (χ0n) is 9.96. The van der Waals surface area contributed by atoms with E-state index in [9.17, 15) is 13.2 Å². The molecule has 0 radical (unpaired) electrons. The molecule has 98 valence electrons. The number of aliphatic carboxylic acids is 1. The van der Waals surface area contributed by atoms with Gasteiger partial charge in [-0.1, -0.05) is 23.8 Å². The molecule has 2 N–H and O–H groups in total. The molecule has 0 saturated heterocycles. The number of aryl methyl sites for hydroxylation is 1. The summed E-state index contributed by atoms with van der Waals surface area (Å²) in [4.78, 5) is 10.9. The molecule has 1 aromatic carbocycles. The lowest BCUT2D eigenvalue weighted by Gasteiger charge is -2.13. The second kappa shape index (κ2) is 5.79. The van der Waals surface area contributed by atoms with Gasteiger partial charge >= 0.3 is 5.97 Å². The molecular weight excluding hydrogens is 254 g/mol. The molecule has 18 heavy (non-hydrogen) atoms. The van der Waals surface area contributed by atoms with Crippen molar-refractivity contribution in [3.05, 3.63) is 42.5 Å². The molecule has 5 nitrogen and oxygen atoms in total. The molecule has 0 heterocycles. The number of carboxylic acids is 1. The van der Waals surface area contributed by atoms with E-state index in [1.165, 1.54) is 18.2 Å². The van der Waals surface area contributed by atoms with Crippen LogP contribution in [0.25, 0.3) is 0 Å². The zero-order valence-corrected chi connectivity index (χ0v) is 10.8. The molecule has 0 spiro atoms. The maximum Gasteiger partial charge on any atom is 0.322 e. The predicted octanol–water partition coefficient (Wildman–Crippen LogP) is 1.30.